The van der Waals surface area contributed by atoms with Gasteiger partial charge >= 0.3 is 0 Å². The first kappa shape index (κ1) is 13.8. The lowest BCUT2D eigenvalue weighted by atomic mass is 10.1. The summed E-state index contributed by atoms with van der Waals surface area (Å²) in [6.45, 7) is 4.18. The molecule has 1 aliphatic heterocycles. The van der Waals surface area contributed by atoms with E-state index in [-0.39, 0.29) is 12.3 Å². The van der Waals surface area contributed by atoms with E-state index >= 15 is 0 Å². The van der Waals surface area contributed by atoms with Crippen molar-refractivity contribution in [1.29, 1.82) is 0 Å². The predicted octanol–water partition coefficient (Wildman–Crippen LogP) is 2.68. The lowest BCUT2D eigenvalue weighted by Gasteiger charge is -2.37. The average molecular weight is 315 g/mol. The predicted molar refractivity (Wildman–Crippen MR) is 73.6 cm³/mol. The summed E-state index contributed by atoms with van der Waals surface area (Å²) in [4.78, 5) is 6.57. The molecule has 2 heterocycles. The number of methoxy groups -OCH3 is 1. The zero-order valence-electron chi connectivity index (χ0n) is 10.8. The van der Waals surface area contributed by atoms with Gasteiger partial charge in [0.1, 0.15) is 12.3 Å². The number of hydrogen-bond donors (Lipinski definition) is 0. The molecule has 2 unspecified atom stereocenters. The van der Waals surface area contributed by atoms with Crippen LogP contribution in [0.5, 0.6) is 5.88 Å². The van der Waals surface area contributed by atoms with Gasteiger partial charge in [-0.25, -0.2) is 4.98 Å². The van der Waals surface area contributed by atoms with Crippen LogP contribution in [0, 0.1) is 0 Å². The fourth-order valence-corrected chi connectivity index (χ4v) is 2.50. The minimum Gasteiger partial charge on any atom is -0.474 e. The molecule has 0 amide bonds. The maximum absolute atomic E-state index is 5.90. The van der Waals surface area contributed by atoms with Gasteiger partial charge in [0.2, 0.25) is 5.88 Å². The normalized spacial score (nSPS) is 25.1. The molecule has 0 radical (unpaired) electrons. The first-order chi connectivity index (χ1) is 8.72. The van der Waals surface area contributed by atoms with Crippen LogP contribution in [0.25, 0.3) is 0 Å². The quantitative estimate of drug-likeness (QED) is 0.856. The summed E-state index contributed by atoms with van der Waals surface area (Å²) in [7, 11) is 1.76. The Bertz CT molecular complexity index is 372. The molecular weight excluding hydrogens is 296 g/mol. The fraction of sp³-hybridized carbons (Fsp3) is 0.615. The molecule has 0 bridgehead atoms. The Balaban J connectivity index is 1.93. The van der Waals surface area contributed by atoms with Crippen molar-refractivity contribution in [3.63, 3.8) is 0 Å². The SMILES string of the molecule is CCN1CCC(Oc2ccc(Br)cn2)CC1OC. The number of nitrogens with zero attached hydrogens (tertiary/aromatic N) is 2. The van der Waals surface area contributed by atoms with Gasteiger partial charge in [0.25, 0.3) is 0 Å². The second-order valence-corrected chi connectivity index (χ2v) is 5.31. The Labute approximate surface area is 116 Å². The van der Waals surface area contributed by atoms with Gasteiger partial charge in [-0.2, -0.15) is 0 Å². The molecular formula is C13H19BrN2O2. The van der Waals surface area contributed by atoms with Crippen LogP contribution in [0.3, 0.4) is 0 Å². The van der Waals surface area contributed by atoms with Crippen LogP contribution in [0.1, 0.15) is 19.8 Å². The van der Waals surface area contributed by atoms with Crippen molar-refractivity contribution >= 4 is 15.9 Å². The molecule has 1 aromatic rings. The summed E-state index contributed by atoms with van der Waals surface area (Å²) < 4.78 is 12.4. The second-order valence-electron chi connectivity index (χ2n) is 4.40. The zero-order valence-corrected chi connectivity index (χ0v) is 12.4. The molecule has 1 aromatic heterocycles. The van der Waals surface area contributed by atoms with Crippen LogP contribution in [0.15, 0.2) is 22.8 Å². The topological polar surface area (TPSA) is 34.6 Å². The van der Waals surface area contributed by atoms with Gasteiger partial charge in [-0.3, -0.25) is 4.90 Å². The van der Waals surface area contributed by atoms with Gasteiger partial charge in [-0.1, -0.05) is 6.92 Å². The van der Waals surface area contributed by atoms with E-state index in [0.29, 0.717) is 5.88 Å². The van der Waals surface area contributed by atoms with E-state index in [1.807, 2.05) is 12.1 Å². The zero-order chi connectivity index (χ0) is 13.0. The Morgan fingerprint density at radius 3 is 2.94 bits per heavy atom. The standard InChI is InChI=1S/C13H19BrN2O2/c1-3-16-7-6-11(8-13(16)17-2)18-12-5-4-10(14)9-15-12/h4-5,9,11,13H,3,6-8H2,1-2H3. The summed E-state index contributed by atoms with van der Waals surface area (Å²) in [6.07, 6.45) is 4.01. The smallest absolute Gasteiger partial charge is 0.213 e. The Hall–Kier alpha value is -0.650. The first-order valence-corrected chi connectivity index (χ1v) is 7.07. The number of likely N-dealkylation sites (tertiary alicyclic amines) is 1. The average Bonchev–Trinajstić information content (AvgIpc) is 2.41. The monoisotopic (exact) mass is 314 g/mol. The van der Waals surface area contributed by atoms with E-state index in [2.05, 4.69) is 32.7 Å². The third-order valence-corrected chi connectivity index (χ3v) is 3.75. The maximum Gasteiger partial charge on any atom is 0.213 e. The molecule has 5 heteroatoms. The second kappa shape index (κ2) is 6.50. The number of aromatic nitrogens is 1. The number of hydrogen-bond acceptors (Lipinski definition) is 4. The van der Waals surface area contributed by atoms with Gasteiger partial charge in [-0.05, 0) is 35.0 Å². The van der Waals surface area contributed by atoms with Gasteiger partial charge in [0.05, 0.1) is 0 Å². The van der Waals surface area contributed by atoms with Crippen molar-refractivity contribution < 1.29 is 9.47 Å². The van der Waals surface area contributed by atoms with Crippen LogP contribution in [-0.2, 0) is 4.74 Å². The number of ether oxygens (including phenoxy) is 2. The number of halogens is 1. The van der Waals surface area contributed by atoms with E-state index in [9.17, 15) is 0 Å². The fourth-order valence-electron chi connectivity index (χ4n) is 2.26. The minimum absolute atomic E-state index is 0.157. The summed E-state index contributed by atoms with van der Waals surface area (Å²) >= 11 is 3.36. The van der Waals surface area contributed by atoms with Crippen molar-refractivity contribution in [2.75, 3.05) is 20.2 Å². The Morgan fingerprint density at radius 2 is 2.33 bits per heavy atom. The first-order valence-electron chi connectivity index (χ1n) is 6.28. The molecule has 2 atom stereocenters. The largest absolute Gasteiger partial charge is 0.474 e. The highest BCUT2D eigenvalue weighted by Crippen LogP contribution is 2.22. The number of pyridine rings is 1. The molecule has 18 heavy (non-hydrogen) atoms. The summed E-state index contributed by atoms with van der Waals surface area (Å²) in [5, 5.41) is 0. The summed E-state index contributed by atoms with van der Waals surface area (Å²) in [6, 6.07) is 3.83. The Kier molecular flexibility index (Phi) is 4.97. The van der Waals surface area contributed by atoms with Crippen molar-refractivity contribution in [3.05, 3.63) is 22.8 Å². The molecule has 4 nitrogen and oxygen atoms in total. The number of piperidine rings is 1. The van der Waals surface area contributed by atoms with Crippen LogP contribution < -0.4 is 4.74 Å². The van der Waals surface area contributed by atoms with Gasteiger partial charge in [0.15, 0.2) is 0 Å². The van der Waals surface area contributed by atoms with Crippen LogP contribution in [-0.4, -0.2) is 42.4 Å². The molecule has 2 rings (SSSR count). The highest BCUT2D eigenvalue weighted by Gasteiger charge is 2.28. The molecule has 0 aromatic carbocycles. The van der Waals surface area contributed by atoms with Crippen molar-refractivity contribution in [3.8, 4) is 5.88 Å². The minimum atomic E-state index is 0.157. The van der Waals surface area contributed by atoms with Gasteiger partial charge in [0, 0.05) is 36.8 Å². The molecule has 1 saturated heterocycles. The van der Waals surface area contributed by atoms with E-state index < -0.39 is 0 Å². The third kappa shape index (κ3) is 3.43. The number of rotatable bonds is 4. The molecule has 100 valence electrons. The highest BCUT2D eigenvalue weighted by molar-refractivity contribution is 9.10. The molecule has 0 saturated carbocycles. The Morgan fingerprint density at radius 1 is 1.50 bits per heavy atom. The van der Waals surface area contributed by atoms with Gasteiger partial charge in [-0.15, -0.1) is 0 Å². The van der Waals surface area contributed by atoms with Crippen molar-refractivity contribution in [2.24, 2.45) is 0 Å². The van der Waals surface area contributed by atoms with Gasteiger partial charge < -0.3 is 9.47 Å². The van der Waals surface area contributed by atoms with Crippen LogP contribution >= 0.6 is 15.9 Å². The lowest BCUT2D eigenvalue weighted by molar-refractivity contribution is -0.0829. The van der Waals surface area contributed by atoms with Crippen LogP contribution in [0.4, 0.5) is 0 Å². The molecule has 0 aliphatic carbocycles. The van der Waals surface area contributed by atoms with E-state index in [0.717, 1.165) is 30.4 Å². The van der Waals surface area contributed by atoms with Crippen molar-refractivity contribution in [1.82, 2.24) is 9.88 Å². The molecule has 1 fully saturated rings. The maximum atomic E-state index is 5.90. The van der Waals surface area contributed by atoms with E-state index in [1.54, 1.807) is 13.3 Å². The van der Waals surface area contributed by atoms with E-state index in [1.165, 1.54) is 0 Å². The molecule has 0 spiro atoms. The summed E-state index contributed by atoms with van der Waals surface area (Å²) in [5.74, 6) is 0.683. The van der Waals surface area contributed by atoms with E-state index in [4.69, 9.17) is 9.47 Å². The van der Waals surface area contributed by atoms with Crippen LogP contribution in [0.2, 0.25) is 0 Å². The van der Waals surface area contributed by atoms with Crippen molar-refractivity contribution in [2.45, 2.75) is 32.1 Å². The third-order valence-electron chi connectivity index (χ3n) is 3.28. The summed E-state index contributed by atoms with van der Waals surface area (Å²) in [5.41, 5.74) is 0. The molecule has 0 N–H and O–H groups in total. The lowest BCUT2D eigenvalue weighted by Crippen LogP contribution is -2.46. The molecule has 1 aliphatic rings. The highest BCUT2D eigenvalue weighted by atomic mass is 79.9.